The number of nitrogens with one attached hydrogen (secondary N) is 1. The number of hydrogen-bond donors (Lipinski definition) is 1. The van der Waals surface area contributed by atoms with Gasteiger partial charge in [0, 0.05) is 22.9 Å². The van der Waals surface area contributed by atoms with E-state index in [0.29, 0.717) is 32.7 Å². The SMILES string of the molecule is O=c1cc(CSc2ccccc2NS(=O)(=O)c2ccc(F)cc2)nc2ccc(Cl)cn12. The first-order valence-corrected chi connectivity index (χ1v) is 11.8. The Morgan fingerprint density at radius 3 is 2.58 bits per heavy atom. The number of para-hydroxylation sites is 1. The molecule has 0 fully saturated rings. The molecule has 2 aromatic heterocycles. The molecule has 0 aliphatic rings. The van der Waals surface area contributed by atoms with Crippen molar-refractivity contribution in [3.05, 3.63) is 99.8 Å². The molecule has 4 rings (SSSR count). The Bertz CT molecular complexity index is 1420. The van der Waals surface area contributed by atoms with Crippen LogP contribution >= 0.6 is 23.4 Å². The molecule has 4 aromatic rings. The van der Waals surface area contributed by atoms with Crippen LogP contribution in [0.4, 0.5) is 10.1 Å². The van der Waals surface area contributed by atoms with Crippen LogP contribution in [0.15, 0.2) is 87.5 Å². The van der Waals surface area contributed by atoms with Gasteiger partial charge in [0.05, 0.1) is 21.3 Å². The minimum atomic E-state index is -3.89. The van der Waals surface area contributed by atoms with E-state index in [0.717, 1.165) is 12.1 Å². The van der Waals surface area contributed by atoms with E-state index >= 15 is 0 Å². The number of anilines is 1. The summed E-state index contributed by atoms with van der Waals surface area (Å²) in [6.07, 6.45) is 1.50. The normalized spacial score (nSPS) is 11.5. The molecule has 2 aromatic carbocycles. The van der Waals surface area contributed by atoms with E-state index in [4.69, 9.17) is 11.6 Å². The van der Waals surface area contributed by atoms with Gasteiger partial charge in [-0.05, 0) is 48.5 Å². The Balaban J connectivity index is 1.57. The lowest BCUT2D eigenvalue weighted by Gasteiger charge is -2.12. The maximum Gasteiger partial charge on any atom is 0.261 e. The van der Waals surface area contributed by atoms with E-state index in [-0.39, 0.29) is 10.5 Å². The Morgan fingerprint density at radius 1 is 1.06 bits per heavy atom. The number of sulfonamides is 1. The Morgan fingerprint density at radius 2 is 1.81 bits per heavy atom. The molecular formula is C21H15ClFN3O3S2. The van der Waals surface area contributed by atoms with Crippen molar-refractivity contribution >= 4 is 44.7 Å². The summed E-state index contributed by atoms with van der Waals surface area (Å²) in [6.45, 7) is 0. The number of nitrogens with zero attached hydrogens (tertiary/aromatic N) is 2. The molecule has 0 radical (unpaired) electrons. The van der Waals surface area contributed by atoms with Crippen LogP contribution in [0.3, 0.4) is 0 Å². The Hall–Kier alpha value is -2.88. The highest BCUT2D eigenvalue weighted by atomic mass is 35.5. The zero-order chi connectivity index (χ0) is 22.0. The van der Waals surface area contributed by atoms with E-state index in [1.807, 2.05) is 0 Å². The topological polar surface area (TPSA) is 80.5 Å². The van der Waals surface area contributed by atoms with Gasteiger partial charge in [0.15, 0.2) is 0 Å². The number of benzene rings is 2. The summed E-state index contributed by atoms with van der Waals surface area (Å²) in [7, 11) is -3.89. The molecule has 0 saturated heterocycles. The zero-order valence-corrected chi connectivity index (χ0v) is 18.2. The predicted molar refractivity (Wildman–Crippen MR) is 120 cm³/mol. The summed E-state index contributed by atoms with van der Waals surface area (Å²) < 4.78 is 42.3. The van der Waals surface area contributed by atoms with Gasteiger partial charge in [-0.1, -0.05) is 23.7 Å². The summed E-state index contributed by atoms with van der Waals surface area (Å²) in [5, 5.41) is 0.431. The van der Waals surface area contributed by atoms with Crippen molar-refractivity contribution in [1.82, 2.24) is 9.38 Å². The van der Waals surface area contributed by atoms with Crippen molar-refractivity contribution in [2.45, 2.75) is 15.5 Å². The van der Waals surface area contributed by atoms with Gasteiger partial charge in [0.25, 0.3) is 15.6 Å². The maximum absolute atomic E-state index is 13.1. The van der Waals surface area contributed by atoms with Gasteiger partial charge < -0.3 is 0 Å². The van der Waals surface area contributed by atoms with Crippen LogP contribution in [0, 0.1) is 5.82 Å². The van der Waals surface area contributed by atoms with Gasteiger partial charge in [0.1, 0.15) is 11.5 Å². The fourth-order valence-corrected chi connectivity index (χ4v) is 5.05. The van der Waals surface area contributed by atoms with Crippen LogP contribution < -0.4 is 10.3 Å². The van der Waals surface area contributed by atoms with Crippen molar-refractivity contribution < 1.29 is 12.8 Å². The number of halogens is 2. The first-order valence-electron chi connectivity index (χ1n) is 9.00. The fraction of sp³-hybridized carbons (Fsp3) is 0.0476. The first-order chi connectivity index (χ1) is 14.8. The van der Waals surface area contributed by atoms with Gasteiger partial charge in [-0.25, -0.2) is 17.8 Å². The van der Waals surface area contributed by atoms with Crippen LogP contribution in [0.25, 0.3) is 5.65 Å². The van der Waals surface area contributed by atoms with Crippen LogP contribution in [0.2, 0.25) is 5.02 Å². The van der Waals surface area contributed by atoms with Crippen LogP contribution in [-0.2, 0) is 15.8 Å². The molecule has 0 saturated carbocycles. The van der Waals surface area contributed by atoms with Crippen molar-refractivity contribution in [1.29, 1.82) is 0 Å². The standard InChI is InChI=1S/C21H15ClFN3O3S2/c22-14-5-10-20-24-16(11-21(27)26(20)12-14)13-30-19-4-2-1-3-18(19)25-31(28,29)17-8-6-15(23)7-9-17/h1-12,25H,13H2. The van der Waals surface area contributed by atoms with Gasteiger partial charge in [-0.2, -0.15) is 0 Å². The number of pyridine rings is 1. The molecular weight excluding hydrogens is 461 g/mol. The number of thioether (sulfide) groups is 1. The van der Waals surface area contributed by atoms with E-state index < -0.39 is 15.8 Å². The molecule has 2 heterocycles. The van der Waals surface area contributed by atoms with E-state index in [1.165, 1.54) is 40.6 Å². The zero-order valence-electron chi connectivity index (χ0n) is 15.8. The van der Waals surface area contributed by atoms with E-state index in [9.17, 15) is 17.6 Å². The summed E-state index contributed by atoms with van der Waals surface area (Å²) in [5.41, 5.74) is 1.14. The average molecular weight is 476 g/mol. The largest absolute Gasteiger partial charge is 0.278 e. The number of aromatic nitrogens is 2. The first kappa shape index (κ1) is 21.4. The molecule has 0 aliphatic carbocycles. The lowest BCUT2D eigenvalue weighted by Crippen LogP contribution is -2.15. The molecule has 0 unspecified atom stereocenters. The van der Waals surface area contributed by atoms with Crippen LogP contribution in [0.1, 0.15) is 5.69 Å². The quantitative estimate of drug-likeness (QED) is 0.413. The number of hydrogen-bond acceptors (Lipinski definition) is 5. The third-order valence-electron chi connectivity index (χ3n) is 4.31. The molecule has 10 heteroatoms. The summed E-state index contributed by atoms with van der Waals surface area (Å²) in [6, 6.07) is 16.2. The number of rotatable bonds is 6. The Labute approximate surface area is 186 Å². The van der Waals surface area contributed by atoms with Crippen molar-refractivity contribution in [2.24, 2.45) is 0 Å². The summed E-state index contributed by atoms with van der Waals surface area (Å²) in [5.74, 6) is -0.167. The molecule has 0 bridgehead atoms. The summed E-state index contributed by atoms with van der Waals surface area (Å²) in [4.78, 5) is 17.4. The average Bonchev–Trinajstić information content (AvgIpc) is 2.74. The van der Waals surface area contributed by atoms with Gasteiger partial charge >= 0.3 is 0 Å². The second-order valence-electron chi connectivity index (χ2n) is 6.51. The minimum absolute atomic E-state index is 0.0448. The van der Waals surface area contributed by atoms with E-state index in [1.54, 1.807) is 36.4 Å². The highest BCUT2D eigenvalue weighted by Crippen LogP contribution is 2.31. The van der Waals surface area contributed by atoms with E-state index in [2.05, 4.69) is 9.71 Å². The minimum Gasteiger partial charge on any atom is -0.278 e. The number of fused-ring (bicyclic) bond motifs is 1. The van der Waals surface area contributed by atoms with Gasteiger partial charge in [-0.15, -0.1) is 11.8 Å². The summed E-state index contributed by atoms with van der Waals surface area (Å²) >= 11 is 7.26. The fourth-order valence-electron chi connectivity index (χ4n) is 2.85. The van der Waals surface area contributed by atoms with Crippen LogP contribution in [0.5, 0.6) is 0 Å². The molecule has 158 valence electrons. The van der Waals surface area contributed by atoms with Crippen LogP contribution in [-0.4, -0.2) is 17.8 Å². The highest BCUT2D eigenvalue weighted by molar-refractivity contribution is 7.98. The lowest BCUT2D eigenvalue weighted by molar-refractivity contribution is 0.599. The molecule has 0 spiro atoms. The van der Waals surface area contributed by atoms with Gasteiger partial charge in [0.2, 0.25) is 0 Å². The highest BCUT2D eigenvalue weighted by Gasteiger charge is 2.16. The molecule has 1 N–H and O–H groups in total. The third-order valence-corrected chi connectivity index (χ3v) is 7.02. The van der Waals surface area contributed by atoms with Crippen molar-refractivity contribution in [3.63, 3.8) is 0 Å². The second-order valence-corrected chi connectivity index (χ2v) is 9.64. The molecule has 0 atom stereocenters. The molecule has 31 heavy (non-hydrogen) atoms. The third kappa shape index (κ3) is 4.90. The monoisotopic (exact) mass is 475 g/mol. The molecule has 0 aliphatic heterocycles. The Kier molecular flexibility index (Phi) is 5.99. The van der Waals surface area contributed by atoms with Crippen molar-refractivity contribution in [3.8, 4) is 0 Å². The molecule has 0 amide bonds. The van der Waals surface area contributed by atoms with Crippen molar-refractivity contribution in [2.75, 3.05) is 4.72 Å². The smallest absolute Gasteiger partial charge is 0.261 e. The molecule has 6 nitrogen and oxygen atoms in total. The lowest BCUT2D eigenvalue weighted by atomic mass is 10.3. The maximum atomic E-state index is 13.1. The predicted octanol–water partition coefficient (Wildman–Crippen LogP) is 4.58. The van der Waals surface area contributed by atoms with Gasteiger partial charge in [-0.3, -0.25) is 13.9 Å². The second kappa shape index (κ2) is 8.70.